The van der Waals surface area contributed by atoms with Crippen molar-refractivity contribution in [2.24, 2.45) is 0 Å². The molecule has 12 heteroatoms. The van der Waals surface area contributed by atoms with E-state index in [0.29, 0.717) is 25.3 Å². The summed E-state index contributed by atoms with van der Waals surface area (Å²) in [5.41, 5.74) is 4.68. The Morgan fingerprint density at radius 3 is 2.64 bits per heavy atom. The highest BCUT2D eigenvalue weighted by Gasteiger charge is 2.31. The first-order chi connectivity index (χ1) is 15.4. The maximum absolute atomic E-state index is 15.0. The van der Waals surface area contributed by atoms with Gasteiger partial charge in [-0.2, -0.15) is 0 Å². The molecule has 0 bridgehead atoms. The van der Waals surface area contributed by atoms with E-state index in [1.807, 2.05) is 11.8 Å². The van der Waals surface area contributed by atoms with Gasteiger partial charge >= 0.3 is 11.8 Å². The van der Waals surface area contributed by atoms with Crippen LogP contribution in [0.2, 0.25) is 5.02 Å². The molecule has 0 radical (unpaired) electrons. The number of nitrogen functional groups attached to an aromatic ring is 1. The van der Waals surface area contributed by atoms with Crippen molar-refractivity contribution in [2.75, 3.05) is 30.3 Å². The van der Waals surface area contributed by atoms with Crippen LogP contribution in [-0.4, -0.2) is 52.2 Å². The molecule has 1 aromatic carbocycles. The van der Waals surface area contributed by atoms with Crippen molar-refractivity contribution in [2.45, 2.75) is 39.3 Å². The van der Waals surface area contributed by atoms with Crippen LogP contribution in [0.25, 0.3) is 0 Å². The standard InChI is InChI=1S/C21H25ClFN5O5/c1-12-11-26(20(29)33-21(2,3)4)7-8-27(12)16-6-5-13(9-15(16)23)32-18-14(22)10-25-19(24)17(18)28(30)31/h5-6,9-10,12H,7-8,11H2,1-4H3,(H2,24,25)/t12-/m0/s1. The van der Waals surface area contributed by atoms with E-state index in [1.165, 1.54) is 12.1 Å². The normalized spacial score (nSPS) is 16.5. The summed E-state index contributed by atoms with van der Waals surface area (Å²) in [5, 5.41) is 11.2. The van der Waals surface area contributed by atoms with Crippen molar-refractivity contribution in [3.05, 3.63) is 45.4 Å². The fourth-order valence-electron chi connectivity index (χ4n) is 3.46. The molecule has 1 saturated heterocycles. The lowest BCUT2D eigenvalue weighted by molar-refractivity contribution is -0.384. The average molecular weight is 482 g/mol. The lowest BCUT2D eigenvalue weighted by atomic mass is 10.1. The summed E-state index contributed by atoms with van der Waals surface area (Å²) >= 11 is 5.99. The predicted molar refractivity (Wildman–Crippen MR) is 121 cm³/mol. The Morgan fingerprint density at radius 2 is 2.06 bits per heavy atom. The average Bonchev–Trinajstić information content (AvgIpc) is 2.70. The number of benzene rings is 1. The number of ether oxygens (including phenoxy) is 2. The van der Waals surface area contributed by atoms with E-state index in [2.05, 4.69) is 4.98 Å². The van der Waals surface area contributed by atoms with Crippen LogP contribution in [0.15, 0.2) is 24.4 Å². The van der Waals surface area contributed by atoms with Crippen molar-refractivity contribution in [1.29, 1.82) is 0 Å². The zero-order valence-electron chi connectivity index (χ0n) is 18.7. The number of rotatable bonds is 4. The summed E-state index contributed by atoms with van der Waals surface area (Å²) in [6, 6.07) is 3.92. The Bertz CT molecular complexity index is 1080. The van der Waals surface area contributed by atoms with Gasteiger partial charge in [0.1, 0.15) is 22.2 Å². The van der Waals surface area contributed by atoms with Gasteiger partial charge in [-0.05, 0) is 39.8 Å². The van der Waals surface area contributed by atoms with Crippen LogP contribution in [0.3, 0.4) is 0 Å². The SMILES string of the molecule is C[C@H]1CN(C(=O)OC(C)(C)C)CCN1c1ccc(Oc2c(Cl)cnc(N)c2[N+](=O)[O-])cc1F. The monoisotopic (exact) mass is 481 g/mol. The quantitative estimate of drug-likeness (QED) is 0.496. The molecule has 178 valence electrons. The number of nitro groups is 1. The fraction of sp³-hybridized carbons (Fsp3) is 0.429. The van der Waals surface area contributed by atoms with Gasteiger partial charge in [0.2, 0.25) is 11.6 Å². The Morgan fingerprint density at radius 1 is 1.36 bits per heavy atom. The van der Waals surface area contributed by atoms with Gasteiger partial charge in [-0.25, -0.2) is 14.2 Å². The number of amides is 1. The second-order valence-corrected chi connectivity index (χ2v) is 9.02. The number of carbonyl (C=O) groups is 1. The minimum Gasteiger partial charge on any atom is -0.448 e. The third-order valence-electron chi connectivity index (χ3n) is 4.90. The molecule has 10 nitrogen and oxygen atoms in total. The lowest BCUT2D eigenvalue weighted by Crippen LogP contribution is -2.54. The van der Waals surface area contributed by atoms with Gasteiger partial charge in [0.15, 0.2) is 0 Å². The molecule has 3 rings (SSSR count). The zero-order chi connectivity index (χ0) is 24.5. The van der Waals surface area contributed by atoms with E-state index in [0.717, 1.165) is 12.3 Å². The third kappa shape index (κ3) is 5.54. The summed E-state index contributed by atoms with van der Waals surface area (Å²) in [6.45, 7) is 8.40. The molecule has 2 N–H and O–H groups in total. The Labute approximate surface area is 195 Å². The Balaban J connectivity index is 1.77. The number of nitrogens with zero attached hydrogens (tertiary/aromatic N) is 4. The Kier molecular flexibility index (Phi) is 6.82. The van der Waals surface area contributed by atoms with Crippen LogP contribution in [-0.2, 0) is 4.74 Å². The number of aromatic nitrogens is 1. The molecule has 2 aromatic rings. The Hall–Kier alpha value is -3.34. The highest BCUT2D eigenvalue weighted by atomic mass is 35.5. The van der Waals surface area contributed by atoms with Crippen LogP contribution < -0.4 is 15.4 Å². The minimum absolute atomic E-state index is 0.00638. The zero-order valence-corrected chi connectivity index (χ0v) is 19.4. The summed E-state index contributed by atoms with van der Waals surface area (Å²) in [6.07, 6.45) is 0.712. The smallest absolute Gasteiger partial charge is 0.410 e. The number of nitrogens with two attached hydrogens (primary N) is 1. The first-order valence-electron chi connectivity index (χ1n) is 10.2. The molecule has 1 atom stereocenters. The van der Waals surface area contributed by atoms with Crippen molar-refractivity contribution in [3.8, 4) is 11.5 Å². The fourth-order valence-corrected chi connectivity index (χ4v) is 3.64. The van der Waals surface area contributed by atoms with Gasteiger partial charge in [-0.3, -0.25) is 10.1 Å². The number of anilines is 2. The highest BCUT2D eigenvalue weighted by Crippen LogP contribution is 2.41. The summed E-state index contributed by atoms with van der Waals surface area (Å²) in [5.74, 6) is -1.27. The predicted octanol–water partition coefficient (Wildman–Crippen LogP) is 4.60. The molecule has 1 amide bonds. The largest absolute Gasteiger partial charge is 0.448 e. The van der Waals surface area contributed by atoms with E-state index >= 15 is 0 Å². The molecule has 1 aromatic heterocycles. The molecular weight excluding hydrogens is 457 g/mol. The van der Waals surface area contributed by atoms with Crippen LogP contribution in [0.4, 0.5) is 26.4 Å². The van der Waals surface area contributed by atoms with E-state index in [4.69, 9.17) is 26.8 Å². The second-order valence-electron chi connectivity index (χ2n) is 8.61. The van der Waals surface area contributed by atoms with Crippen LogP contribution in [0.1, 0.15) is 27.7 Å². The van der Waals surface area contributed by atoms with Crippen molar-refractivity contribution in [3.63, 3.8) is 0 Å². The number of hydrogen-bond donors (Lipinski definition) is 1. The van der Waals surface area contributed by atoms with Gasteiger partial charge in [0.05, 0.1) is 16.8 Å². The summed E-state index contributed by atoms with van der Waals surface area (Å²) < 4.78 is 25.9. The van der Waals surface area contributed by atoms with Crippen molar-refractivity contribution in [1.82, 2.24) is 9.88 Å². The van der Waals surface area contributed by atoms with Gasteiger partial charge in [0.25, 0.3) is 0 Å². The number of carbonyl (C=O) groups excluding carboxylic acids is 1. The number of halogens is 2. The summed E-state index contributed by atoms with van der Waals surface area (Å²) in [4.78, 5) is 30.0. The molecule has 0 unspecified atom stereocenters. The first kappa shape index (κ1) is 24.3. The maximum atomic E-state index is 15.0. The van der Waals surface area contributed by atoms with E-state index < -0.39 is 28.1 Å². The number of pyridine rings is 1. The molecule has 1 aliphatic rings. The van der Waals surface area contributed by atoms with E-state index in [9.17, 15) is 19.3 Å². The molecule has 0 aliphatic carbocycles. The molecule has 1 fully saturated rings. The molecule has 0 saturated carbocycles. The highest BCUT2D eigenvalue weighted by molar-refractivity contribution is 6.32. The molecule has 0 spiro atoms. The van der Waals surface area contributed by atoms with Crippen molar-refractivity contribution < 1.29 is 23.6 Å². The first-order valence-corrected chi connectivity index (χ1v) is 10.6. The lowest BCUT2D eigenvalue weighted by Gasteiger charge is -2.41. The molecule has 2 heterocycles. The van der Waals surface area contributed by atoms with Gasteiger partial charge < -0.3 is 25.0 Å². The van der Waals surface area contributed by atoms with Crippen LogP contribution in [0.5, 0.6) is 11.5 Å². The van der Waals surface area contributed by atoms with Crippen LogP contribution in [0, 0.1) is 15.9 Å². The third-order valence-corrected chi connectivity index (χ3v) is 5.17. The summed E-state index contributed by atoms with van der Waals surface area (Å²) in [7, 11) is 0. The second kappa shape index (κ2) is 9.26. The minimum atomic E-state index is -0.764. The number of piperazine rings is 1. The van der Waals surface area contributed by atoms with Crippen LogP contribution >= 0.6 is 11.6 Å². The topological polar surface area (TPSA) is 124 Å². The van der Waals surface area contributed by atoms with Gasteiger partial charge in [-0.15, -0.1) is 0 Å². The molecular formula is C21H25ClFN5O5. The number of hydrogen-bond acceptors (Lipinski definition) is 8. The van der Waals surface area contributed by atoms with E-state index in [1.54, 1.807) is 25.7 Å². The molecule has 33 heavy (non-hydrogen) atoms. The van der Waals surface area contributed by atoms with Crippen molar-refractivity contribution >= 4 is 34.9 Å². The van der Waals surface area contributed by atoms with Gasteiger partial charge in [-0.1, -0.05) is 11.6 Å². The van der Waals surface area contributed by atoms with E-state index in [-0.39, 0.29) is 28.4 Å². The van der Waals surface area contributed by atoms with Gasteiger partial charge in [0, 0.05) is 31.7 Å². The maximum Gasteiger partial charge on any atom is 0.410 e. The molecule has 1 aliphatic heterocycles.